The quantitative estimate of drug-likeness (QED) is 0.622. The molecule has 0 atom stereocenters. The van der Waals surface area contributed by atoms with E-state index in [9.17, 15) is 4.79 Å². The number of fused-ring (bicyclic) bond motifs is 1. The second-order valence-corrected chi connectivity index (χ2v) is 6.89. The van der Waals surface area contributed by atoms with Crippen molar-refractivity contribution in [2.24, 2.45) is 0 Å². The van der Waals surface area contributed by atoms with Crippen LogP contribution < -0.4 is 9.47 Å². The average Bonchev–Trinajstić information content (AvgIpc) is 3.16. The maximum absolute atomic E-state index is 12.6. The summed E-state index contributed by atoms with van der Waals surface area (Å²) in [6.07, 6.45) is 3.46. The summed E-state index contributed by atoms with van der Waals surface area (Å²) in [7, 11) is 0. The van der Waals surface area contributed by atoms with Crippen LogP contribution in [0, 0.1) is 0 Å². The highest BCUT2D eigenvalue weighted by molar-refractivity contribution is 8.26. The fraction of sp³-hybridized carbons (Fsp3) is 0.118. The molecule has 1 saturated heterocycles. The fourth-order valence-electron chi connectivity index (χ4n) is 2.45. The molecule has 24 heavy (non-hydrogen) atoms. The summed E-state index contributed by atoms with van der Waals surface area (Å²) in [6, 6.07) is 11.2. The van der Waals surface area contributed by atoms with Gasteiger partial charge in [0.05, 0.1) is 17.1 Å². The Morgan fingerprint density at radius 3 is 2.96 bits per heavy atom. The van der Waals surface area contributed by atoms with Crippen molar-refractivity contribution in [3.8, 4) is 11.5 Å². The largest absolute Gasteiger partial charge is 0.454 e. The van der Waals surface area contributed by atoms with E-state index in [0.29, 0.717) is 21.5 Å². The molecular formula is C17H12N2O3S2. The van der Waals surface area contributed by atoms with Gasteiger partial charge in [-0.2, -0.15) is 0 Å². The maximum atomic E-state index is 12.6. The molecule has 2 aromatic rings. The van der Waals surface area contributed by atoms with Gasteiger partial charge in [-0.25, -0.2) is 0 Å². The van der Waals surface area contributed by atoms with E-state index in [1.54, 1.807) is 17.2 Å². The van der Waals surface area contributed by atoms with E-state index in [2.05, 4.69) is 4.98 Å². The minimum atomic E-state index is -0.103. The summed E-state index contributed by atoms with van der Waals surface area (Å²) in [5.41, 5.74) is 1.68. The Bertz CT molecular complexity index is 852. The van der Waals surface area contributed by atoms with E-state index in [1.165, 1.54) is 11.8 Å². The highest BCUT2D eigenvalue weighted by Gasteiger charge is 2.32. The molecule has 120 valence electrons. The number of carbonyl (C=O) groups is 1. The number of thiocarbonyl (C=S) groups is 1. The lowest BCUT2D eigenvalue weighted by atomic mass is 10.2. The third kappa shape index (κ3) is 2.88. The van der Waals surface area contributed by atoms with E-state index in [4.69, 9.17) is 21.7 Å². The smallest absolute Gasteiger partial charge is 0.266 e. The second-order valence-electron chi connectivity index (χ2n) is 5.21. The molecule has 3 heterocycles. The Kier molecular flexibility index (Phi) is 3.95. The van der Waals surface area contributed by atoms with E-state index < -0.39 is 0 Å². The summed E-state index contributed by atoms with van der Waals surface area (Å²) in [4.78, 5) is 19.0. The molecule has 0 saturated carbocycles. The molecule has 1 amide bonds. The molecule has 0 unspecified atom stereocenters. The van der Waals surface area contributed by atoms with Crippen molar-refractivity contribution >= 4 is 40.3 Å². The number of benzene rings is 1. The van der Waals surface area contributed by atoms with Gasteiger partial charge in [-0.1, -0.05) is 36.1 Å². The molecular weight excluding hydrogens is 344 g/mol. The number of ether oxygens (including phenoxy) is 2. The number of amides is 1. The Morgan fingerprint density at radius 2 is 2.12 bits per heavy atom. The fourth-order valence-corrected chi connectivity index (χ4v) is 3.69. The van der Waals surface area contributed by atoms with Gasteiger partial charge in [0, 0.05) is 6.20 Å². The van der Waals surface area contributed by atoms with Gasteiger partial charge in [-0.3, -0.25) is 14.7 Å². The number of thioether (sulfide) groups is 1. The number of carbonyl (C=O) groups excluding carboxylic acids is 1. The molecule has 0 radical (unpaired) electrons. The van der Waals surface area contributed by atoms with E-state index in [-0.39, 0.29) is 12.7 Å². The van der Waals surface area contributed by atoms with Crippen LogP contribution in [-0.2, 0) is 11.3 Å². The molecule has 0 aliphatic carbocycles. The van der Waals surface area contributed by atoms with Crippen molar-refractivity contribution < 1.29 is 14.3 Å². The van der Waals surface area contributed by atoms with Crippen molar-refractivity contribution in [3.05, 3.63) is 58.8 Å². The van der Waals surface area contributed by atoms with Crippen LogP contribution >= 0.6 is 24.0 Å². The van der Waals surface area contributed by atoms with Crippen LogP contribution in [0.5, 0.6) is 11.5 Å². The standard InChI is InChI=1S/C17H12N2O3S2/c20-16-15(8-12-3-1-2-6-18-12)24-17(23)19(16)9-11-4-5-13-14(7-11)22-10-21-13/h1-8H,9-10H2/b15-8-. The van der Waals surface area contributed by atoms with Gasteiger partial charge in [0.1, 0.15) is 4.32 Å². The van der Waals surface area contributed by atoms with Crippen molar-refractivity contribution in [2.75, 3.05) is 6.79 Å². The van der Waals surface area contributed by atoms with Gasteiger partial charge < -0.3 is 9.47 Å². The minimum Gasteiger partial charge on any atom is -0.454 e. The van der Waals surface area contributed by atoms with Gasteiger partial charge in [0.15, 0.2) is 11.5 Å². The van der Waals surface area contributed by atoms with Crippen molar-refractivity contribution in [1.29, 1.82) is 0 Å². The first-order valence-electron chi connectivity index (χ1n) is 7.25. The summed E-state index contributed by atoms with van der Waals surface area (Å²) in [5, 5.41) is 0. The number of rotatable bonds is 3. The summed E-state index contributed by atoms with van der Waals surface area (Å²) >= 11 is 6.65. The van der Waals surface area contributed by atoms with Gasteiger partial charge in [0.2, 0.25) is 6.79 Å². The minimum absolute atomic E-state index is 0.103. The zero-order chi connectivity index (χ0) is 16.5. The molecule has 7 heteroatoms. The Hall–Kier alpha value is -2.38. The van der Waals surface area contributed by atoms with Crippen LogP contribution in [0.1, 0.15) is 11.3 Å². The topological polar surface area (TPSA) is 51.7 Å². The molecule has 0 bridgehead atoms. The van der Waals surface area contributed by atoms with Crippen LogP contribution in [0.2, 0.25) is 0 Å². The van der Waals surface area contributed by atoms with Gasteiger partial charge in [-0.15, -0.1) is 0 Å². The van der Waals surface area contributed by atoms with Crippen molar-refractivity contribution in [1.82, 2.24) is 9.88 Å². The predicted molar refractivity (Wildman–Crippen MR) is 95.5 cm³/mol. The summed E-state index contributed by atoms with van der Waals surface area (Å²) in [5.74, 6) is 1.31. The van der Waals surface area contributed by atoms with E-state index in [1.807, 2.05) is 36.4 Å². The third-order valence-electron chi connectivity index (χ3n) is 3.62. The first-order chi connectivity index (χ1) is 11.7. The number of pyridine rings is 1. The van der Waals surface area contributed by atoms with Gasteiger partial charge >= 0.3 is 0 Å². The highest BCUT2D eigenvalue weighted by atomic mass is 32.2. The molecule has 4 rings (SSSR count). The first-order valence-corrected chi connectivity index (χ1v) is 8.48. The molecule has 5 nitrogen and oxygen atoms in total. The molecule has 1 aromatic heterocycles. The van der Waals surface area contributed by atoms with E-state index in [0.717, 1.165) is 17.0 Å². The van der Waals surface area contributed by atoms with Crippen LogP contribution in [0.4, 0.5) is 0 Å². The maximum Gasteiger partial charge on any atom is 0.266 e. The molecule has 2 aliphatic rings. The number of hydrogen-bond acceptors (Lipinski definition) is 6. The summed E-state index contributed by atoms with van der Waals surface area (Å²) in [6.45, 7) is 0.632. The second kappa shape index (κ2) is 6.26. The zero-order valence-electron chi connectivity index (χ0n) is 12.5. The SMILES string of the molecule is O=C1/C(=C/c2ccccn2)SC(=S)N1Cc1ccc2c(c1)OCO2. The van der Waals surface area contributed by atoms with Crippen LogP contribution in [-0.4, -0.2) is 26.9 Å². The van der Waals surface area contributed by atoms with Gasteiger partial charge in [-0.05, 0) is 35.9 Å². The first kappa shape index (κ1) is 15.2. The molecule has 0 spiro atoms. The average molecular weight is 356 g/mol. The summed E-state index contributed by atoms with van der Waals surface area (Å²) < 4.78 is 11.2. The van der Waals surface area contributed by atoms with Crippen LogP contribution in [0.15, 0.2) is 47.5 Å². The number of nitrogens with zero attached hydrogens (tertiary/aromatic N) is 2. The monoisotopic (exact) mass is 356 g/mol. The molecule has 1 aromatic carbocycles. The highest BCUT2D eigenvalue weighted by Crippen LogP contribution is 2.36. The Balaban J connectivity index is 1.55. The molecule has 2 aliphatic heterocycles. The molecule has 1 fully saturated rings. The normalized spacial score (nSPS) is 17.8. The number of hydrogen-bond donors (Lipinski definition) is 0. The van der Waals surface area contributed by atoms with Crippen molar-refractivity contribution in [2.45, 2.75) is 6.54 Å². The Morgan fingerprint density at radius 1 is 1.25 bits per heavy atom. The molecule has 0 N–H and O–H groups in total. The predicted octanol–water partition coefficient (Wildman–Crippen LogP) is 3.21. The van der Waals surface area contributed by atoms with Crippen molar-refractivity contribution in [3.63, 3.8) is 0 Å². The lowest BCUT2D eigenvalue weighted by Gasteiger charge is -2.14. The Labute approximate surface area is 148 Å². The third-order valence-corrected chi connectivity index (χ3v) is 5.00. The lowest BCUT2D eigenvalue weighted by Crippen LogP contribution is -2.27. The number of aromatic nitrogens is 1. The van der Waals surface area contributed by atoms with Crippen LogP contribution in [0.3, 0.4) is 0 Å². The lowest BCUT2D eigenvalue weighted by molar-refractivity contribution is -0.122. The van der Waals surface area contributed by atoms with E-state index >= 15 is 0 Å². The van der Waals surface area contributed by atoms with Gasteiger partial charge in [0.25, 0.3) is 5.91 Å². The van der Waals surface area contributed by atoms with Crippen LogP contribution in [0.25, 0.3) is 6.08 Å². The zero-order valence-corrected chi connectivity index (χ0v) is 14.1.